The van der Waals surface area contributed by atoms with Gasteiger partial charge in [-0.25, -0.2) is 0 Å². The lowest BCUT2D eigenvalue weighted by molar-refractivity contribution is -0.139. The smallest absolute Gasteiger partial charge is 0.320 e. The molecule has 0 aromatic rings. The number of hydrogen-bond acceptors (Lipinski definition) is 10. The highest BCUT2D eigenvalue weighted by atomic mass is 32.2. The molecule has 0 aliphatic heterocycles. The molecule has 132 valence electrons. The van der Waals surface area contributed by atoms with Gasteiger partial charge < -0.3 is 21.7 Å². The predicted molar refractivity (Wildman–Crippen MR) is 93.5 cm³/mol. The summed E-state index contributed by atoms with van der Waals surface area (Å²) in [5, 5.41) is 16.5. The fourth-order valence-electron chi connectivity index (χ4n) is 0.737. The van der Waals surface area contributed by atoms with E-state index in [2.05, 4.69) is 25.1 Å². The molecule has 0 spiro atoms. The van der Waals surface area contributed by atoms with Crippen molar-refractivity contribution in [1.82, 2.24) is 0 Å². The highest BCUT2D eigenvalue weighted by Crippen LogP contribution is 1.98. The van der Waals surface area contributed by atoms with Gasteiger partial charge in [0, 0.05) is 0 Å². The third kappa shape index (κ3) is 27.9. The summed E-state index contributed by atoms with van der Waals surface area (Å²) in [6.45, 7) is 0. The zero-order chi connectivity index (χ0) is 18.6. The summed E-state index contributed by atoms with van der Waals surface area (Å²) in [6.07, 6.45) is 4.95. The molecule has 0 saturated heterocycles. The average molecular weight is 395 g/mol. The predicted octanol–water partition coefficient (Wildman–Crippen LogP) is -0.370. The highest BCUT2D eigenvalue weighted by Gasteiger charge is 2.09. The fraction of sp³-hybridized carbons (Fsp3) is 0.800. The zero-order valence-corrected chi connectivity index (χ0v) is 15.6. The Hall–Kier alpha value is -0.400. The number of nitrogens with two attached hydrogens (primary N) is 2. The highest BCUT2D eigenvalue weighted by molar-refractivity contribution is 7.98. The van der Waals surface area contributed by atoms with E-state index in [4.69, 9.17) is 30.1 Å². The minimum Gasteiger partial charge on any atom is -0.480 e. The van der Waals surface area contributed by atoms with Crippen molar-refractivity contribution in [1.29, 1.82) is 0 Å². The van der Waals surface area contributed by atoms with E-state index in [1.807, 2.05) is 12.5 Å². The number of thioether (sulfide) groups is 2. The minimum absolute atomic E-state index is 0.552. The molecule has 0 rings (SSSR count). The van der Waals surface area contributed by atoms with Crippen LogP contribution in [0, 0.1) is 0 Å². The Morgan fingerprint density at radius 3 is 1.23 bits per heavy atom. The molecular weight excluding hydrogens is 372 g/mol. The molecule has 12 heteroatoms. The summed E-state index contributed by atoms with van der Waals surface area (Å²) in [5.74, 6) is -0.200. The average Bonchev–Trinajstić information content (AvgIpc) is 2.54. The van der Waals surface area contributed by atoms with Crippen LogP contribution in [0.2, 0.25) is 0 Å². The Labute approximate surface area is 149 Å². The third-order valence-corrected chi connectivity index (χ3v) is 3.19. The second-order valence-corrected chi connectivity index (χ2v) is 5.42. The summed E-state index contributed by atoms with van der Waals surface area (Å²) in [4.78, 5) is 20.1. The van der Waals surface area contributed by atoms with Gasteiger partial charge in [-0.2, -0.15) is 31.9 Å². The molecule has 2 atom stereocenters. The van der Waals surface area contributed by atoms with Gasteiger partial charge >= 0.3 is 11.9 Å². The number of carboxylic acid groups (broad SMARTS) is 2. The molecule has 6 N–H and O–H groups in total. The van der Waals surface area contributed by atoms with Crippen molar-refractivity contribution in [3.63, 3.8) is 0 Å². The van der Waals surface area contributed by atoms with Gasteiger partial charge in [0.1, 0.15) is 12.1 Å². The van der Waals surface area contributed by atoms with Crippen LogP contribution in [0.5, 0.6) is 0 Å². The first-order chi connectivity index (χ1) is 10.4. The molecule has 0 unspecified atom stereocenters. The van der Waals surface area contributed by atoms with Gasteiger partial charge in [-0.3, -0.25) is 9.59 Å². The summed E-state index contributed by atoms with van der Waals surface area (Å²) < 4.78 is 15.7. The van der Waals surface area contributed by atoms with Gasteiger partial charge in [0.15, 0.2) is 25.1 Å². The van der Waals surface area contributed by atoms with E-state index in [9.17, 15) is 9.59 Å². The standard InChI is InChI=1S/2C5H11NO2S.2OS/c2*1-9-3-2-4(6)5(7)8;2*1-2/h2*4H,2-3,6H2,1H3,(H,7,8);;/t2*4-;;/m00../s1. The van der Waals surface area contributed by atoms with Gasteiger partial charge in [-0.05, 0) is 36.9 Å². The van der Waals surface area contributed by atoms with E-state index < -0.39 is 24.0 Å². The molecule has 8 nitrogen and oxygen atoms in total. The van der Waals surface area contributed by atoms with Crippen LogP contribution in [0.25, 0.3) is 0 Å². The maximum Gasteiger partial charge on any atom is 0.320 e. The fourth-order valence-corrected chi connectivity index (χ4v) is 1.72. The van der Waals surface area contributed by atoms with Crippen molar-refractivity contribution in [2.45, 2.75) is 24.9 Å². The molecule has 0 saturated carbocycles. The molecule has 0 radical (unpaired) electrons. The van der Waals surface area contributed by atoms with Crippen LogP contribution in [0.4, 0.5) is 0 Å². The molecule has 0 aromatic carbocycles. The molecule has 0 fully saturated rings. The van der Waals surface area contributed by atoms with Crippen molar-refractivity contribution in [2.75, 3.05) is 24.0 Å². The quantitative estimate of drug-likeness (QED) is 0.423. The maximum absolute atomic E-state index is 10.1. The van der Waals surface area contributed by atoms with E-state index in [1.54, 1.807) is 23.5 Å². The summed E-state index contributed by atoms with van der Waals surface area (Å²) in [7, 11) is 0. The van der Waals surface area contributed by atoms with E-state index in [-0.39, 0.29) is 0 Å². The first kappa shape index (κ1) is 29.6. The number of rotatable bonds is 8. The summed E-state index contributed by atoms with van der Waals surface area (Å²) >= 11 is 8.87. The number of hydrogen-bond donors (Lipinski definition) is 4. The van der Waals surface area contributed by atoms with Crippen molar-refractivity contribution in [3.05, 3.63) is 0 Å². The first-order valence-electron chi connectivity index (χ1n) is 5.64. The summed E-state index contributed by atoms with van der Waals surface area (Å²) in [6, 6.07) is -1.37. The van der Waals surface area contributed by atoms with Crippen LogP contribution in [0.3, 0.4) is 0 Å². The Bertz CT molecular complexity index is 250. The lowest BCUT2D eigenvalue weighted by Gasteiger charge is -2.02. The molecule has 0 aliphatic rings. The summed E-state index contributed by atoms with van der Waals surface area (Å²) in [5.41, 5.74) is 10.4. The molecule has 22 heavy (non-hydrogen) atoms. The van der Waals surface area contributed by atoms with E-state index in [0.717, 1.165) is 11.5 Å². The van der Waals surface area contributed by atoms with Crippen molar-refractivity contribution in [3.8, 4) is 0 Å². The van der Waals surface area contributed by atoms with Gasteiger partial charge in [-0.1, -0.05) is 0 Å². The van der Waals surface area contributed by atoms with Crippen LogP contribution in [-0.4, -0.2) is 66.7 Å². The molecule has 0 bridgehead atoms. The van der Waals surface area contributed by atoms with Crippen LogP contribution in [0.1, 0.15) is 12.8 Å². The van der Waals surface area contributed by atoms with Crippen LogP contribution < -0.4 is 11.5 Å². The first-order valence-corrected chi connectivity index (χ1v) is 9.10. The van der Waals surface area contributed by atoms with Gasteiger partial charge in [0.05, 0.1) is 0 Å². The van der Waals surface area contributed by atoms with Crippen LogP contribution in [0.15, 0.2) is 0 Å². The Morgan fingerprint density at radius 2 is 1.09 bits per heavy atom. The lowest BCUT2D eigenvalue weighted by atomic mass is 10.2. The van der Waals surface area contributed by atoms with E-state index in [0.29, 0.717) is 12.8 Å². The number of aliphatic carboxylic acids is 2. The zero-order valence-electron chi connectivity index (χ0n) is 12.3. The van der Waals surface area contributed by atoms with Crippen LogP contribution in [-0.2, 0) is 34.7 Å². The second kappa shape index (κ2) is 25.5. The third-order valence-electron chi connectivity index (χ3n) is 1.90. The van der Waals surface area contributed by atoms with Crippen molar-refractivity contribution >= 4 is 60.5 Å². The molecule has 0 heterocycles. The number of carbonyl (C=O) groups is 2. The van der Waals surface area contributed by atoms with Crippen molar-refractivity contribution < 1.29 is 28.2 Å². The SMILES string of the molecule is CSCC[C@H](N)C(=O)O.CSCC[C@H](N)C(=O)O.O=S.O=S. The molecule has 0 aliphatic carbocycles. The largest absolute Gasteiger partial charge is 0.480 e. The topological polar surface area (TPSA) is 161 Å². The Balaban J connectivity index is -0.000000120. The lowest BCUT2D eigenvalue weighted by Crippen LogP contribution is -2.30. The van der Waals surface area contributed by atoms with E-state index in [1.165, 1.54) is 0 Å². The maximum atomic E-state index is 10.1. The molecule has 0 amide bonds. The van der Waals surface area contributed by atoms with E-state index >= 15 is 0 Å². The minimum atomic E-state index is -0.913. The van der Waals surface area contributed by atoms with Crippen LogP contribution >= 0.6 is 23.5 Å². The monoisotopic (exact) mass is 394 g/mol. The number of carboxylic acids is 2. The Kier molecular flexibility index (Phi) is 34.4. The molecular formula is C10H22N2O6S4. The van der Waals surface area contributed by atoms with Gasteiger partial charge in [0.25, 0.3) is 0 Å². The second-order valence-electron chi connectivity index (χ2n) is 3.45. The van der Waals surface area contributed by atoms with Gasteiger partial charge in [0.2, 0.25) is 0 Å². The normalized spacial score (nSPS) is 11.1. The van der Waals surface area contributed by atoms with Gasteiger partial charge in [-0.15, -0.1) is 0 Å². The Morgan fingerprint density at radius 1 is 0.864 bits per heavy atom. The van der Waals surface area contributed by atoms with Crippen molar-refractivity contribution in [2.24, 2.45) is 11.5 Å². The molecule has 0 aromatic heterocycles.